The SMILES string of the molecule is CC1CC(C)CN(C(=O)c2ccnc(N3c4ccccc4CC3C)c2)C1. The van der Waals surface area contributed by atoms with Gasteiger partial charge in [0.05, 0.1) is 0 Å². The molecule has 3 unspecified atom stereocenters. The Hall–Kier alpha value is -2.36. The molecule has 0 radical (unpaired) electrons. The molecule has 0 N–H and O–H groups in total. The molecule has 26 heavy (non-hydrogen) atoms. The number of para-hydroxylation sites is 1. The number of likely N-dealkylation sites (tertiary alicyclic amines) is 1. The number of fused-ring (bicyclic) bond motifs is 1. The lowest BCUT2D eigenvalue weighted by Gasteiger charge is -2.35. The predicted octanol–water partition coefficient (Wildman–Crippen LogP) is 4.28. The van der Waals surface area contributed by atoms with E-state index in [1.807, 2.05) is 17.0 Å². The van der Waals surface area contributed by atoms with Gasteiger partial charge in [0.25, 0.3) is 5.91 Å². The van der Waals surface area contributed by atoms with Crippen molar-refractivity contribution in [1.82, 2.24) is 9.88 Å². The summed E-state index contributed by atoms with van der Waals surface area (Å²) in [6.07, 6.45) is 3.98. The number of piperidine rings is 1. The first-order chi connectivity index (χ1) is 12.5. The van der Waals surface area contributed by atoms with Crippen LogP contribution in [0.4, 0.5) is 11.5 Å². The Bertz CT molecular complexity index is 809. The third-order valence-electron chi connectivity index (χ3n) is 5.60. The van der Waals surface area contributed by atoms with Crippen molar-refractivity contribution in [3.8, 4) is 0 Å². The van der Waals surface area contributed by atoms with Crippen molar-refractivity contribution in [2.45, 2.75) is 39.7 Å². The maximum absolute atomic E-state index is 13.1. The van der Waals surface area contributed by atoms with Crippen LogP contribution in [0, 0.1) is 11.8 Å². The van der Waals surface area contributed by atoms with Gasteiger partial charge >= 0.3 is 0 Å². The van der Waals surface area contributed by atoms with E-state index < -0.39 is 0 Å². The minimum absolute atomic E-state index is 0.132. The molecule has 1 aromatic carbocycles. The number of carbonyl (C=O) groups excluding carboxylic acids is 1. The average molecular weight is 349 g/mol. The van der Waals surface area contributed by atoms with Gasteiger partial charge in [0.1, 0.15) is 5.82 Å². The fourth-order valence-corrected chi connectivity index (χ4v) is 4.61. The molecule has 0 spiro atoms. The zero-order valence-electron chi connectivity index (χ0n) is 15.9. The Kier molecular flexibility index (Phi) is 4.43. The molecule has 4 heteroatoms. The van der Waals surface area contributed by atoms with Gasteiger partial charge in [-0.2, -0.15) is 0 Å². The second-order valence-electron chi connectivity index (χ2n) is 8.11. The number of anilines is 2. The molecule has 4 rings (SSSR count). The van der Waals surface area contributed by atoms with E-state index in [4.69, 9.17) is 0 Å². The highest BCUT2D eigenvalue weighted by atomic mass is 16.2. The summed E-state index contributed by atoms with van der Waals surface area (Å²) < 4.78 is 0. The van der Waals surface area contributed by atoms with Crippen molar-refractivity contribution in [2.24, 2.45) is 11.8 Å². The largest absolute Gasteiger partial charge is 0.338 e. The number of carbonyl (C=O) groups is 1. The third kappa shape index (κ3) is 3.09. The Labute approximate surface area is 155 Å². The molecule has 3 heterocycles. The molecule has 1 saturated heterocycles. The van der Waals surface area contributed by atoms with Crippen LogP contribution in [0.5, 0.6) is 0 Å². The Morgan fingerprint density at radius 3 is 2.58 bits per heavy atom. The van der Waals surface area contributed by atoms with Crippen LogP contribution < -0.4 is 4.90 Å². The smallest absolute Gasteiger partial charge is 0.254 e. The highest BCUT2D eigenvalue weighted by molar-refractivity contribution is 5.95. The highest BCUT2D eigenvalue weighted by Crippen LogP contribution is 2.37. The maximum Gasteiger partial charge on any atom is 0.254 e. The molecular formula is C22H27N3O. The molecule has 4 nitrogen and oxygen atoms in total. The zero-order valence-corrected chi connectivity index (χ0v) is 15.9. The van der Waals surface area contributed by atoms with Crippen LogP contribution in [0.2, 0.25) is 0 Å². The molecule has 2 aliphatic rings. The lowest BCUT2D eigenvalue weighted by molar-refractivity contribution is 0.0623. The van der Waals surface area contributed by atoms with Crippen LogP contribution >= 0.6 is 0 Å². The lowest BCUT2D eigenvalue weighted by atomic mass is 9.91. The summed E-state index contributed by atoms with van der Waals surface area (Å²) >= 11 is 0. The monoisotopic (exact) mass is 349 g/mol. The predicted molar refractivity (Wildman–Crippen MR) is 105 cm³/mol. The van der Waals surface area contributed by atoms with Crippen LogP contribution in [0.1, 0.15) is 43.1 Å². The van der Waals surface area contributed by atoms with Crippen molar-refractivity contribution < 1.29 is 4.79 Å². The summed E-state index contributed by atoms with van der Waals surface area (Å²) in [6, 6.07) is 12.6. The number of aromatic nitrogens is 1. The minimum atomic E-state index is 0.132. The van der Waals surface area contributed by atoms with Crippen molar-refractivity contribution in [3.05, 3.63) is 53.7 Å². The summed E-state index contributed by atoms with van der Waals surface area (Å²) in [5.41, 5.74) is 3.29. The van der Waals surface area contributed by atoms with E-state index in [9.17, 15) is 4.79 Å². The molecule has 0 bridgehead atoms. The lowest BCUT2D eigenvalue weighted by Crippen LogP contribution is -2.42. The Morgan fingerprint density at radius 2 is 1.81 bits per heavy atom. The number of hydrogen-bond donors (Lipinski definition) is 0. The number of hydrogen-bond acceptors (Lipinski definition) is 3. The highest BCUT2D eigenvalue weighted by Gasteiger charge is 2.29. The molecule has 0 saturated carbocycles. The zero-order chi connectivity index (χ0) is 18.3. The number of benzene rings is 1. The van der Waals surface area contributed by atoms with Gasteiger partial charge in [0.15, 0.2) is 0 Å². The molecule has 0 aliphatic carbocycles. The van der Waals surface area contributed by atoms with E-state index in [-0.39, 0.29) is 5.91 Å². The third-order valence-corrected chi connectivity index (χ3v) is 5.60. The number of pyridine rings is 1. The summed E-state index contributed by atoms with van der Waals surface area (Å²) in [7, 11) is 0. The van der Waals surface area contributed by atoms with Gasteiger partial charge in [0.2, 0.25) is 0 Å². The molecule has 1 amide bonds. The van der Waals surface area contributed by atoms with Gasteiger partial charge in [0, 0.05) is 36.6 Å². The fraction of sp³-hybridized carbons (Fsp3) is 0.455. The number of amides is 1. The molecule has 3 atom stereocenters. The first-order valence-corrected chi connectivity index (χ1v) is 9.65. The fourth-order valence-electron chi connectivity index (χ4n) is 4.61. The summed E-state index contributed by atoms with van der Waals surface area (Å²) in [6.45, 7) is 8.38. The summed E-state index contributed by atoms with van der Waals surface area (Å²) in [5.74, 6) is 2.13. The van der Waals surface area contributed by atoms with Crippen LogP contribution in [0.25, 0.3) is 0 Å². The second-order valence-corrected chi connectivity index (χ2v) is 8.11. The Morgan fingerprint density at radius 1 is 1.08 bits per heavy atom. The molecule has 1 aromatic heterocycles. The van der Waals surface area contributed by atoms with E-state index >= 15 is 0 Å². The number of nitrogens with zero attached hydrogens (tertiary/aromatic N) is 3. The standard InChI is InChI=1S/C22H27N3O/c1-15-10-16(2)14-24(13-15)22(26)19-8-9-23-21(12-19)25-17(3)11-18-6-4-5-7-20(18)25/h4-9,12,15-17H,10-11,13-14H2,1-3H3. The molecule has 1 fully saturated rings. The van der Waals surface area contributed by atoms with E-state index in [1.54, 1.807) is 6.20 Å². The van der Waals surface area contributed by atoms with Crippen molar-refractivity contribution in [2.75, 3.05) is 18.0 Å². The summed E-state index contributed by atoms with van der Waals surface area (Å²) in [4.78, 5) is 21.9. The van der Waals surface area contributed by atoms with Crippen LogP contribution in [0.3, 0.4) is 0 Å². The van der Waals surface area contributed by atoms with Crippen molar-refractivity contribution in [3.63, 3.8) is 0 Å². The first kappa shape index (κ1) is 17.1. The van der Waals surface area contributed by atoms with Gasteiger partial charge in [-0.3, -0.25) is 4.79 Å². The molecule has 136 valence electrons. The van der Waals surface area contributed by atoms with Crippen LogP contribution in [0.15, 0.2) is 42.6 Å². The van der Waals surface area contributed by atoms with Crippen molar-refractivity contribution in [1.29, 1.82) is 0 Å². The van der Waals surface area contributed by atoms with Gasteiger partial charge in [-0.05, 0) is 55.4 Å². The summed E-state index contributed by atoms with van der Waals surface area (Å²) in [5, 5.41) is 0. The molecule has 2 aromatic rings. The van der Waals surface area contributed by atoms with Gasteiger partial charge < -0.3 is 9.80 Å². The van der Waals surface area contributed by atoms with Gasteiger partial charge in [-0.25, -0.2) is 4.98 Å². The Balaban J connectivity index is 1.62. The normalized spacial score (nSPS) is 25.3. The minimum Gasteiger partial charge on any atom is -0.338 e. The average Bonchev–Trinajstić information content (AvgIpc) is 2.96. The van der Waals surface area contributed by atoms with E-state index in [2.05, 4.69) is 54.9 Å². The topological polar surface area (TPSA) is 36.4 Å². The van der Waals surface area contributed by atoms with Gasteiger partial charge in [-0.15, -0.1) is 0 Å². The van der Waals surface area contributed by atoms with E-state index in [0.29, 0.717) is 17.9 Å². The van der Waals surface area contributed by atoms with Crippen molar-refractivity contribution >= 4 is 17.4 Å². The van der Waals surface area contributed by atoms with Gasteiger partial charge in [-0.1, -0.05) is 32.0 Å². The maximum atomic E-state index is 13.1. The quantitative estimate of drug-likeness (QED) is 0.812. The first-order valence-electron chi connectivity index (χ1n) is 9.65. The van der Waals surface area contributed by atoms with E-state index in [0.717, 1.165) is 30.9 Å². The number of rotatable bonds is 2. The second kappa shape index (κ2) is 6.75. The molecular weight excluding hydrogens is 322 g/mol. The van der Waals surface area contributed by atoms with Crippen LogP contribution in [-0.4, -0.2) is 34.9 Å². The van der Waals surface area contributed by atoms with Crippen LogP contribution in [-0.2, 0) is 6.42 Å². The van der Waals surface area contributed by atoms with E-state index in [1.165, 1.54) is 17.7 Å². The molecule has 2 aliphatic heterocycles.